The highest BCUT2D eigenvalue weighted by Crippen LogP contribution is 2.19. The van der Waals surface area contributed by atoms with Crippen molar-refractivity contribution in [2.24, 2.45) is 0 Å². The van der Waals surface area contributed by atoms with Gasteiger partial charge < -0.3 is 10.3 Å². The van der Waals surface area contributed by atoms with Gasteiger partial charge in [-0.25, -0.2) is 9.37 Å². The molecule has 0 bridgehead atoms. The molecule has 1 aromatic carbocycles. The SMILES string of the molecule is CCC(NC(C)c1ccc(F)cc1)c1ncc[nH]1. The molecule has 2 N–H and O–H groups in total. The Bertz CT molecular complexity index is 464. The summed E-state index contributed by atoms with van der Waals surface area (Å²) in [5, 5.41) is 3.49. The molecule has 0 aliphatic rings. The summed E-state index contributed by atoms with van der Waals surface area (Å²) in [6.07, 6.45) is 4.52. The molecule has 0 radical (unpaired) electrons. The highest BCUT2D eigenvalue weighted by Gasteiger charge is 2.15. The van der Waals surface area contributed by atoms with Crippen molar-refractivity contribution in [3.8, 4) is 0 Å². The molecular weight excluding hydrogens is 229 g/mol. The van der Waals surface area contributed by atoms with Crippen molar-refractivity contribution in [2.75, 3.05) is 0 Å². The van der Waals surface area contributed by atoms with E-state index >= 15 is 0 Å². The number of nitrogens with one attached hydrogen (secondary N) is 2. The van der Waals surface area contributed by atoms with Crippen molar-refractivity contribution in [2.45, 2.75) is 32.4 Å². The third kappa shape index (κ3) is 2.96. The predicted molar refractivity (Wildman–Crippen MR) is 69.6 cm³/mol. The lowest BCUT2D eigenvalue weighted by Crippen LogP contribution is -2.25. The Hall–Kier alpha value is -1.68. The van der Waals surface area contributed by atoms with Gasteiger partial charge in [-0.3, -0.25) is 0 Å². The van der Waals surface area contributed by atoms with Gasteiger partial charge in [0.25, 0.3) is 0 Å². The number of nitrogens with zero attached hydrogens (tertiary/aromatic N) is 1. The van der Waals surface area contributed by atoms with Gasteiger partial charge in [-0.2, -0.15) is 0 Å². The molecule has 2 atom stereocenters. The quantitative estimate of drug-likeness (QED) is 0.850. The Labute approximate surface area is 106 Å². The molecule has 2 unspecified atom stereocenters. The van der Waals surface area contributed by atoms with E-state index in [0.29, 0.717) is 0 Å². The Morgan fingerprint density at radius 1 is 1.33 bits per heavy atom. The average Bonchev–Trinajstić information content (AvgIpc) is 2.90. The van der Waals surface area contributed by atoms with Crippen molar-refractivity contribution < 1.29 is 4.39 Å². The maximum atomic E-state index is 12.9. The minimum Gasteiger partial charge on any atom is -0.347 e. The van der Waals surface area contributed by atoms with Crippen LogP contribution in [0.15, 0.2) is 36.7 Å². The van der Waals surface area contributed by atoms with Crippen LogP contribution in [0.3, 0.4) is 0 Å². The van der Waals surface area contributed by atoms with Gasteiger partial charge in [0.15, 0.2) is 0 Å². The number of H-pyrrole nitrogens is 1. The third-order valence-electron chi connectivity index (χ3n) is 3.08. The molecule has 1 heterocycles. The summed E-state index contributed by atoms with van der Waals surface area (Å²) >= 11 is 0. The van der Waals surface area contributed by atoms with Crippen LogP contribution in [0.4, 0.5) is 4.39 Å². The summed E-state index contributed by atoms with van der Waals surface area (Å²) in [5.74, 6) is 0.732. The summed E-state index contributed by atoms with van der Waals surface area (Å²) in [6.45, 7) is 4.18. The van der Waals surface area contributed by atoms with E-state index in [-0.39, 0.29) is 17.9 Å². The lowest BCUT2D eigenvalue weighted by Gasteiger charge is -2.21. The van der Waals surface area contributed by atoms with E-state index in [9.17, 15) is 4.39 Å². The molecular formula is C14H18FN3. The Balaban J connectivity index is 2.05. The standard InChI is InChI=1S/C14H18FN3/c1-3-13(14-16-8-9-17-14)18-10(2)11-4-6-12(15)7-5-11/h4-10,13,18H,3H2,1-2H3,(H,16,17). The molecule has 1 aromatic heterocycles. The van der Waals surface area contributed by atoms with Crippen LogP contribution in [0.1, 0.15) is 43.7 Å². The number of halogens is 1. The van der Waals surface area contributed by atoms with Crippen LogP contribution in [0.5, 0.6) is 0 Å². The van der Waals surface area contributed by atoms with Crippen molar-refractivity contribution >= 4 is 0 Å². The first-order valence-electron chi connectivity index (χ1n) is 6.21. The molecule has 0 amide bonds. The summed E-state index contributed by atoms with van der Waals surface area (Å²) in [5.41, 5.74) is 1.07. The number of rotatable bonds is 5. The first-order valence-corrected chi connectivity index (χ1v) is 6.21. The molecule has 0 saturated carbocycles. The summed E-state index contributed by atoms with van der Waals surface area (Å²) in [7, 11) is 0. The molecule has 0 aliphatic heterocycles. The monoisotopic (exact) mass is 247 g/mol. The topological polar surface area (TPSA) is 40.7 Å². The fourth-order valence-corrected chi connectivity index (χ4v) is 2.01. The van der Waals surface area contributed by atoms with Gasteiger partial charge in [0, 0.05) is 18.4 Å². The minimum atomic E-state index is -0.205. The van der Waals surface area contributed by atoms with Gasteiger partial charge >= 0.3 is 0 Å². The summed E-state index contributed by atoms with van der Waals surface area (Å²) in [4.78, 5) is 7.39. The second-order valence-corrected chi connectivity index (χ2v) is 4.38. The van der Waals surface area contributed by atoms with E-state index in [1.807, 2.05) is 18.3 Å². The molecule has 18 heavy (non-hydrogen) atoms. The summed E-state index contributed by atoms with van der Waals surface area (Å²) in [6, 6.07) is 6.92. The van der Waals surface area contributed by atoms with Gasteiger partial charge in [-0.05, 0) is 31.0 Å². The number of hydrogen-bond donors (Lipinski definition) is 2. The molecule has 2 rings (SSSR count). The summed E-state index contributed by atoms with van der Waals surface area (Å²) < 4.78 is 12.9. The van der Waals surface area contributed by atoms with Crippen LogP contribution in [0.25, 0.3) is 0 Å². The number of benzene rings is 1. The highest BCUT2D eigenvalue weighted by atomic mass is 19.1. The van der Waals surface area contributed by atoms with E-state index in [1.165, 1.54) is 12.1 Å². The van der Waals surface area contributed by atoms with Gasteiger partial charge in [0.2, 0.25) is 0 Å². The van der Waals surface area contributed by atoms with Gasteiger partial charge in [-0.15, -0.1) is 0 Å². The van der Waals surface area contributed by atoms with Crippen LogP contribution in [0.2, 0.25) is 0 Å². The fraction of sp³-hybridized carbons (Fsp3) is 0.357. The van der Waals surface area contributed by atoms with Gasteiger partial charge in [0.05, 0.1) is 6.04 Å². The molecule has 96 valence electrons. The van der Waals surface area contributed by atoms with Gasteiger partial charge in [-0.1, -0.05) is 19.1 Å². The van der Waals surface area contributed by atoms with E-state index in [0.717, 1.165) is 17.8 Å². The van der Waals surface area contributed by atoms with E-state index in [4.69, 9.17) is 0 Å². The predicted octanol–water partition coefficient (Wildman–Crippen LogP) is 3.35. The first kappa shape index (κ1) is 12.8. The Morgan fingerprint density at radius 2 is 2.06 bits per heavy atom. The lowest BCUT2D eigenvalue weighted by molar-refractivity contribution is 0.441. The first-order chi connectivity index (χ1) is 8.70. The molecule has 0 saturated heterocycles. The van der Waals surface area contributed by atoms with Crippen molar-refractivity contribution in [1.29, 1.82) is 0 Å². The molecule has 0 aliphatic carbocycles. The second kappa shape index (κ2) is 5.78. The van der Waals surface area contributed by atoms with E-state index in [2.05, 4.69) is 29.1 Å². The zero-order valence-corrected chi connectivity index (χ0v) is 10.7. The molecule has 4 heteroatoms. The van der Waals surface area contributed by atoms with Crippen LogP contribution in [-0.4, -0.2) is 9.97 Å². The van der Waals surface area contributed by atoms with Crippen molar-refractivity contribution in [3.05, 3.63) is 53.9 Å². The van der Waals surface area contributed by atoms with Crippen LogP contribution < -0.4 is 5.32 Å². The molecule has 2 aromatic rings. The number of hydrogen-bond acceptors (Lipinski definition) is 2. The molecule has 0 spiro atoms. The smallest absolute Gasteiger partial charge is 0.123 e. The zero-order valence-electron chi connectivity index (χ0n) is 10.7. The maximum Gasteiger partial charge on any atom is 0.123 e. The van der Waals surface area contributed by atoms with Crippen LogP contribution in [0, 0.1) is 5.82 Å². The van der Waals surface area contributed by atoms with E-state index in [1.54, 1.807) is 6.20 Å². The van der Waals surface area contributed by atoms with Gasteiger partial charge in [0.1, 0.15) is 11.6 Å². The zero-order chi connectivity index (χ0) is 13.0. The lowest BCUT2D eigenvalue weighted by atomic mass is 10.1. The second-order valence-electron chi connectivity index (χ2n) is 4.38. The Kier molecular flexibility index (Phi) is 4.10. The van der Waals surface area contributed by atoms with Crippen molar-refractivity contribution in [1.82, 2.24) is 15.3 Å². The van der Waals surface area contributed by atoms with E-state index < -0.39 is 0 Å². The number of imidazole rings is 1. The largest absolute Gasteiger partial charge is 0.347 e. The minimum absolute atomic E-state index is 0.153. The fourth-order valence-electron chi connectivity index (χ4n) is 2.01. The average molecular weight is 247 g/mol. The van der Waals surface area contributed by atoms with Crippen LogP contribution in [-0.2, 0) is 0 Å². The van der Waals surface area contributed by atoms with Crippen molar-refractivity contribution in [3.63, 3.8) is 0 Å². The number of aromatic amines is 1. The number of aromatic nitrogens is 2. The molecule has 0 fully saturated rings. The third-order valence-corrected chi connectivity index (χ3v) is 3.08. The molecule has 3 nitrogen and oxygen atoms in total. The highest BCUT2D eigenvalue weighted by molar-refractivity contribution is 5.19. The van der Waals surface area contributed by atoms with Crippen LogP contribution >= 0.6 is 0 Å². The maximum absolute atomic E-state index is 12.9. The Morgan fingerprint density at radius 3 is 2.61 bits per heavy atom. The normalized spacial score (nSPS) is 14.4.